The molecule has 6 aromatic carbocycles. The Kier molecular flexibility index (Phi) is 6.49. The van der Waals surface area contributed by atoms with Crippen LogP contribution in [0.1, 0.15) is 19.4 Å². The minimum absolute atomic E-state index is 0.234. The summed E-state index contributed by atoms with van der Waals surface area (Å²) in [6.45, 7) is 4.60. The van der Waals surface area contributed by atoms with Crippen LogP contribution < -0.4 is 14.7 Å². The van der Waals surface area contributed by atoms with Gasteiger partial charge in [0.15, 0.2) is 7.28 Å². The topological polar surface area (TPSA) is 24.8 Å². The van der Waals surface area contributed by atoms with Crippen molar-refractivity contribution >= 4 is 45.5 Å². The molecule has 0 radical (unpaired) electrons. The molecule has 0 amide bonds. The molecule has 1 heterocycles. The van der Waals surface area contributed by atoms with E-state index in [0.717, 1.165) is 38.3 Å². The van der Waals surface area contributed by atoms with Gasteiger partial charge in [-0.2, -0.15) is 0 Å². The van der Waals surface area contributed by atoms with E-state index in [4.69, 9.17) is 9.27 Å². The monoisotopic (exact) mass is 564 g/mol. The van der Waals surface area contributed by atoms with E-state index in [1.807, 2.05) is 0 Å². The number of rotatable bonds is 5. The van der Waals surface area contributed by atoms with E-state index in [1.165, 1.54) is 16.9 Å². The molecule has 1 atom stereocenters. The molecule has 6 aromatic rings. The Morgan fingerprint density at radius 1 is 0.643 bits per heavy atom. The molecule has 0 N–H and O–H groups in total. The normalized spacial score (nSPS) is 16.4. The van der Waals surface area contributed by atoms with Gasteiger partial charge < -0.3 is 9.42 Å². The first-order valence-corrected chi connectivity index (χ1v) is 16.1. The summed E-state index contributed by atoms with van der Waals surface area (Å²) in [4.78, 5) is 2.32. The summed E-state index contributed by atoms with van der Waals surface area (Å²) >= 11 is 0. The standard InChI is InChI=1S/C38H33N2OP/c1-38(2)33-23-11-12-25-35(33)40(3)37(38)27-42(30-19-5-4-6-20-30,39-34-24-13-17-28-15-7-9-21-31(28)34)41-36-26-14-18-29-16-8-10-22-32(29)36/h4-27H,1-3H3/b37-27+/t42-/m1/s1. The zero-order chi connectivity index (χ0) is 28.7. The summed E-state index contributed by atoms with van der Waals surface area (Å²) in [7, 11) is -0.713. The van der Waals surface area contributed by atoms with E-state index < -0.39 is 7.28 Å². The van der Waals surface area contributed by atoms with Crippen LogP contribution in [0.25, 0.3) is 21.5 Å². The van der Waals surface area contributed by atoms with Crippen molar-refractivity contribution in [3.8, 4) is 5.75 Å². The van der Waals surface area contributed by atoms with Gasteiger partial charge in [0.2, 0.25) is 0 Å². The number of hydrogen-bond acceptors (Lipinski definition) is 3. The molecule has 206 valence electrons. The lowest BCUT2D eigenvalue weighted by atomic mass is 9.84. The average Bonchev–Trinajstić information content (AvgIpc) is 3.22. The molecule has 7 rings (SSSR count). The molecule has 42 heavy (non-hydrogen) atoms. The molecule has 0 unspecified atom stereocenters. The van der Waals surface area contributed by atoms with Crippen molar-refractivity contribution in [3.05, 3.63) is 157 Å². The van der Waals surface area contributed by atoms with Gasteiger partial charge in [-0.05, 0) is 46.7 Å². The van der Waals surface area contributed by atoms with Gasteiger partial charge in [0, 0.05) is 45.7 Å². The molecular weight excluding hydrogens is 531 g/mol. The second kappa shape index (κ2) is 10.4. The van der Waals surface area contributed by atoms with E-state index in [1.54, 1.807) is 0 Å². The van der Waals surface area contributed by atoms with Crippen LogP contribution in [0, 0.1) is 0 Å². The molecule has 0 saturated heterocycles. The highest BCUT2D eigenvalue weighted by Gasteiger charge is 2.40. The first-order valence-electron chi connectivity index (χ1n) is 14.4. The molecular formula is C38H33N2OP. The molecule has 0 fully saturated rings. The van der Waals surface area contributed by atoms with E-state index in [0.29, 0.717) is 0 Å². The number of nitrogens with zero attached hydrogens (tertiary/aromatic N) is 2. The number of benzene rings is 6. The number of para-hydroxylation sites is 1. The van der Waals surface area contributed by atoms with Crippen molar-refractivity contribution in [1.82, 2.24) is 0 Å². The summed E-state index contributed by atoms with van der Waals surface area (Å²) in [6, 6.07) is 48.8. The van der Waals surface area contributed by atoms with E-state index in [-0.39, 0.29) is 5.41 Å². The maximum atomic E-state index is 7.40. The molecule has 0 saturated carbocycles. The summed E-state index contributed by atoms with van der Waals surface area (Å²) in [5.74, 6) is 3.19. The second-order valence-electron chi connectivity index (χ2n) is 11.3. The quantitative estimate of drug-likeness (QED) is 0.195. The van der Waals surface area contributed by atoms with Gasteiger partial charge in [0.05, 0.1) is 5.69 Å². The molecule has 0 aliphatic carbocycles. The average molecular weight is 565 g/mol. The van der Waals surface area contributed by atoms with Gasteiger partial charge in [-0.1, -0.05) is 123 Å². The summed E-state index contributed by atoms with van der Waals surface area (Å²) in [6.07, 6.45) is 0. The smallest absolute Gasteiger partial charge is 0.191 e. The highest BCUT2D eigenvalue weighted by atomic mass is 31.2. The molecule has 4 heteroatoms. The maximum absolute atomic E-state index is 7.40. The third-order valence-corrected chi connectivity index (χ3v) is 11.0. The van der Waals surface area contributed by atoms with Gasteiger partial charge in [-0.3, -0.25) is 0 Å². The molecule has 1 aliphatic heterocycles. The third kappa shape index (κ3) is 4.42. The third-order valence-electron chi connectivity index (χ3n) is 8.37. The van der Waals surface area contributed by atoms with Crippen LogP contribution in [0.2, 0.25) is 0 Å². The van der Waals surface area contributed by atoms with Crippen molar-refractivity contribution in [1.29, 1.82) is 0 Å². The molecule has 0 bridgehead atoms. The number of anilines is 1. The molecule has 3 nitrogen and oxygen atoms in total. The summed E-state index contributed by atoms with van der Waals surface area (Å²) < 4.78 is 13.1. The SMILES string of the molecule is CN1/C(=C/[P@@](=Nc2cccc3ccccc23)(Oc2cccc3ccccc23)c2ccccc2)C(C)(C)c2ccccc21. The van der Waals surface area contributed by atoms with Gasteiger partial charge in [0.25, 0.3) is 0 Å². The Balaban J connectivity index is 1.58. The van der Waals surface area contributed by atoms with Gasteiger partial charge in [-0.25, -0.2) is 4.74 Å². The molecule has 1 aliphatic rings. The van der Waals surface area contributed by atoms with Crippen molar-refractivity contribution in [3.63, 3.8) is 0 Å². The Morgan fingerprint density at radius 2 is 1.24 bits per heavy atom. The van der Waals surface area contributed by atoms with Crippen molar-refractivity contribution < 1.29 is 4.52 Å². The van der Waals surface area contributed by atoms with Gasteiger partial charge in [0.1, 0.15) is 5.75 Å². The fourth-order valence-corrected chi connectivity index (χ4v) is 9.08. The lowest BCUT2D eigenvalue weighted by Crippen LogP contribution is -2.24. The number of allylic oxidation sites excluding steroid dienone is 1. The van der Waals surface area contributed by atoms with E-state index >= 15 is 0 Å². The van der Waals surface area contributed by atoms with Crippen molar-refractivity contribution in [2.75, 3.05) is 11.9 Å². The Bertz CT molecular complexity index is 2020. The van der Waals surface area contributed by atoms with Crippen LogP contribution in [0.3, 0.4) is 0 Å². The molecule has 0 aromatic heterocycles. The van der Waals surface area contributed by atoms with Crippen LogP contribution in [0.15, 0.2) is 156 Å². The Morgan fingerprint density at radius 3 is 2.00 bits per heavy atom. The molecule has 0 spiro atoms. The number of likely N-dealkylation sites (N-methyl/N-ethyl adjacent to an activating group) is 1. The van der Waals surface area contributed by atoms with Crippen LogP contribution in [0.4, 0.5) is 11.4 Å². The fraction of sp³-hybridized carbons (Fsp3) is 0.105. The second-order valence-corrected chi connectivity index (χ2v) is 13.7. The zero-order valence-electron chi connectivity index (χ0n) is 24.1. The number of fused-ring (bicyclic) bond motifs is 3. The first-order chi connectivity index (χ1) is 20.5. The van der Waals surface area contributed by atoms with E-state index in [2.05, 4.69) is 171 Å². The lowest BCUT2D eigenvalue weighted by Gasteiger charge is -2.30. The Hall–Kier alpha value is -4.59. The minimum Gasteiger partial charge on any atom is -0.452 e. The summed E-state index contributed by atoms with van der Waals surface area (Å²) in [5, 5.41) is 5.56. The van der Waals surface area contributed by atoms with Gasteiger partial charge in [-0.15, -0.1) is 0 Å². The van der Waals surface area contributed by atoms with Gasteiger partial charge >= 0.3 is 0 Å². The number of hydrogen-bond donors (Lipinski definition) is 0. The predicted molar refractivity (Wildman–Crippen MR) is 180 cm³/mol. The van der Waals surface area contributed by atoms with E-state index in [9.17, 15) is 0 Å². The van der Waals surface area contributed by atoms with Crippen LogP contribution in [0.5, 0.6) is 5.75 Å². The zero-order valence-corrected chi connectivity index (χ0v) is 25.0. The predicted octanol–water partition coefficient (Wildman–Crippen LogP) is 10.4. The largest absolute Gasteiger partial charge is 0.452 e. The lowest BCUT2D eigenvalue weighted by molar-refractivity contribution is 0.619. The fourth-order valence-electron chi connectivity index (χ4n) is 6.18. The highest BCUT2D eigenvalue weighted by Crippen LogP contribution is 2.59. The summed E-state index contributed by atoms with van der Waals surface area (Å²) in [5.41, 5.74) is 4.40. The van der Waals surface area contributed by atoms with Crippen LogP contribution in [-0.2, 0) is 5.41 Å². The maximum Gasteiger partial charge on any atom is 0.191 e. The first kappa shape index (κ1) is 26.3. The Labute approximate surface area is 247 Å². The van der Waals surface area contributed by atoms with Crippen LogP contribution in [-0.4, -0.2) is 7.05 Å². The van der Waals surface area contributed by atoms with Crippen molar-refractivity contribution in [2.24, 2.45) is 4.74 Å². The minimum atomic E-state index is -2.87. The van der Waals surface area contributed by atoms with Crippen LogP contribution >= 0.6 is 7.28 Å². The highest BCUT2D eigenvalue weighted by molar-refractivity contribution is 7.72. The van der Waals surface area contributed by atoms with Crippen molar-refractivity contribution in [2.45, 2.75) is 19.3 Å².